The molecule has 0 N–H and O–H groups in total. The van der Waals surface area contributed by atoms with Gasteiger partial charge in [-0.25, -0.2) is 0 Å². The Morgan fingerprint density at radius 1 is 1.50 bits per heavy atom. The highest BCUT2D eigenvalue weighted by molar-refractivity contribution is 5.37. The van der Waals surface area contributed by atoms with E-state index >= 15 is 0 Å². The predicted octanol–water partition coefficient (Wildman–Crippen LogP) is 2.14. The minimum atomic E-state index is 0.224. The molecule has 1 aliphatic heterocycles. The van der Waals surface area contributed by atoms with Crippen molar-refractivity contribution in [2.45, 2.75) is 25.7 Å². The first-order valence-corrected chi connectivity index (χ1v) is 4.27. The second-order valence-electron chi connectivity index (χ2n) is 3.85. The number of hydrogen-bond donors (Lipinski definition) is 0. The number of nitrogens with zero attached hydrogens (tertiary/aromatic N) is 1. The van der Waals surface area contributed by atoms with Crippen LogP contribution >= 0.6 is 0 Å². The monoisotopic (exact) mass is 163 g/mol. The van der Waals surface area contributed by atoms with Crippen molar-refractivity contribution in [2.75, 3.05) is 6.61 Å². The van der Waals surface area contributed by atoms with E-state index in [1.165, 1.54) is 5.56 Å². The fourth-order valence-corrected chi connectivity index (χ4v) is 1.57. The van der Waals surface area contributed by atoms with Crippen molar-refractivity contribution in [3.63, 3.8) is 0 Å². The molecule has 0 aromatic carbocycles. The van der Waals surface area contributed by atoms with E-state index in [-0.39, 0.29) is 5.41 Å². The molecule has 0 atom stereocenters. The van der Waals surface area contributed by atoms with Crippen LogP contribution in [0.2, 0.25) is 0 Å². The molecule has 0 fully saturated rings. The fraction of sp³-hybridized carbons (Fsp3) is 0.500. The van der Waals surface area contributed by atoms with Crippen LogP contribution in [0, 0.1) is 0 Å². The van der Waals surface area contributed by atoms with E-state index in [0.29, 0.717) is 0 Å². The van der Waals surface area contributed by atoms with Gasteiger partial charge in [0.15, 0.2) is 0 Å². The summed E-state index contributed by atoms with van der Waals surface area (Å²) in [5.74, 6) is 1.00. The molecular formula is C10H13NO. The van der Waals surface area contributed by atoms with Gasteiger partial charge in [0.05, 0.1) is 6.61 Å². The van der Waals surface area contributed by atoms with Crippen LogP contribution in [-0.2, 0) is 5.41 Å². The summed E-state index contributed by atoms with van der Waals surface area (Å²) in [6.07, 6.45) is 4.76. The Morgan fingerprint density at radius 3 is 3.08 bits per heavy atom. The van der Waals surface area contributed by atoms with Gasteiger partial charge in [0.2, 0.25) is 0 Å². The zero-order chi connectivity index (χ0) is 8.60. The Balaban J connectivity index is 2.52. The van der Waals surface area contributed by atoms with E-state index in [1.54, 1.807) is 6.20 Å². The molecule has 0 amide bonds. The van der Waals surface area contributed by atoms with E-state index in [4.69, 9.17) is 4.74 Å². The molecule has 0 bridgehead atoms. The van der Waals surface area contributed by atoms with Crippen molar-refractivity contribution in [1.29, 1.82) is 0 Å². The summed E-state index contributed by atoms with van der Waals surface area (Å²) >= 11 is 0. The van der Waals surface area contributed by atoms with Crippen LogP contribution in [0.3, 0.4) is 0 Å². The lowest BCUT2D eigenvalue weighted by Crippen LogP contribution is -2.26. The van der Waals surface area contributed by atoms with Crippen molar-refractivity contribution >= 4 is 0 Å². The van der Waals surface area contributed by atoms with E-state index in [1.807, 2.05) is 12.3 Å². The Kier molecular flexibility index (Phi) is 1.56. The number of ether oxygens (including phenoxy) is 1. The highest BCUT2D eigenvalue weighted by atomic mass is 16.5. The second-order valence-corrected chi connectivity index (χ2v) is 3.85. The maximum atomic E-state index is 5.52. The summed E-state index contributed by atoms with van der Waals surface area (Å²) in [5, 5.41) is 0. The van der Waals surface area contributed by atoms with Gasteiger partial charge in [-0.05, 0) is 17.9 Å². The van der Waals surface area contributed by atoms with Crippen LogP contribution in [0.5, 0.6) is 5.75 Å². The molecule has 64 valence electrons. The first-order chi connectivity index (χ1) is 5.70. The minimum absolute atomic E-state index is 0.224. The molecule has 1 aromatic heterocycles. The quantitative estimate of drug-likeness (QED) is 0.584. The van der Waals surface area contributed by atoms with Gasteiger partial charge in [-0.15, -0.1) is 0 Å². The molecule has 0 saturated heterocycles. The van der Waals surface area contributed by atoms with Gasteiger partial charge in [0.25, 0.3) is 0 Å². The molecule has 0 saturated carbocycles. The highest BCUT2D eigenvalue weighted by Gasteiger charge is 2.28. The second kappa shape index (κ2) is 2.47. The maximum absolute atomic E-state index is 5.52. The average molecular weight is 163 g/mol. The van der Waals surface area contributed by atoms with Crippen molar-refractivity contribution in [2.24, 2.45) is 0 Å². The fourth-order valence-electron chi connectivity index (χ4n) is 1.57. The van der Waals surface area contributed by atoms with Gasteiger partial charge in [-0.2, -0.15) is 0 Å². The molecule has 0 aliphatic carbocycles. The van der Waals surface area contributed by atoms with E-state index in [9.17, 15) is 0 Å². The van der Waals surface area contributed by atoms with Crippen LogP contribution in [0.4, 0.5) is 0 Å². The van der Waals surface area contributed by atoms with Gasteiger partial charge in [-0.1, -0.05) is 13.8 Å². The Labute approximate surface area is 72.6 Å². The third-order valence-electron chi connectivity index (χ3n) is 2.49. The van der Waals surface area contributed by atoms with E-state index in [2.05, 4.69) is 18.8 Å². The largest absolute Gasteiger partial charge is 0.493 e. The smallest absolute Gasteiger partial charge is 0.126 e. The molecule has 2 rings (SSSR count). The molecule has 2 heteroatoms. The standard InChI is InChI=1S/C10H13NO/c1-10(2)4-6-12-9-3-5-11-7-8(9)10/h3,5,7H,4,6H2,1-2H3. The molecule has 1 aromatic rings. The lowest BCUT2D eigenvalue weighted by Gasteiger charge is -2.31. The van der Waals surface area contributed by atoms with Crippen LogP contribution < -0.4 is 4.74 Å². The van der Waals surface area contributed by atoms with Crippen molar-refractivity contribution in [3.8, 4) is 5.75 Å². The van der Waals surface area contributed by atoms with Gasteiger partial charge in [0.1, 0.15) is 5.75 Å². The maximum Gasteiger partial charge on any atom is 0.126 e. The van der Waals surface area contributed by atoms with Crippen LogP contribution in [-0.4, -0.2) is 11.6 Å². The van der Waals surface area contributed by atoms with Gasteiger partial charge in [-0.3, -0.25) is 4.98 Å². The number of hydrogen-bond acceptors (Lipinski definition) is 2. The van der Waals surface area contributed by atoms with Crippen molar-refractivity contribution in [3.05, 3.63) is 24.0 Å². The van der Waals surface area contributed by atoms with Gasteiger partial charge >= 0.3 is 0 Å². The molecule has 0 spiro atoms. The SMILES string of the molecule is CC1(C)CCOc2ccncc21. The number of aromatic nitrogens is 1. The Hall–Kier alpha value is -1.05. The summed E-state index contributed by atoms with van der Waals surface area (Å²) in [6, 6.07) is 1.94. The van der Waals surface area contributed by atoms with Crippen LogP contribution in [0.25, 0.3) is 0 Å². The zero-order valence-electron chi connectivity index (χ0n) is 7.50. The lowest BCUT2D eigenvalue weighted by molar-refractivity contribution is 0.233. The molecule has 1 aliphatic rings. The molecule has 2 heterocycles. The number of fused-ring (bicyclic) bond motifs is 1. The van der Waals surface area contributed by atoms with E-state index in [0.717, 1.165) is 18.8 Å². The summed E-state index contributed by atoms with van der Waals surface area (Å²) < 4.78 is 5.52. The average Bonchev–Trinajstić information content (AvgIpc) is 2.04. The Bertz CT molecular complexity index is 294. The number of rotatable bonds is 0. The van der Waals surface area contributed by atoms with Crippen LogP contribution in [0.1, 0.15) is 25.8 Å². The predicted molar refractivity (Wildman–Crippen MR) is 47.4 cm³/mol. The minimum Gasteiger partial charge on any atom is -0.493 e. The Morgan fingerprint density at radius 2 is 2.33 bits per heavy atom. The van der Waals surface area contributed by atoms with Crippen LogP contribution in [0.15, 0.2) is 18.5 Å². The summed E-state index contributed by atoms with van der Waals surface area (Å²) in [6.45, 7) is 5.29. The summed E-state index contributed by atoms with van der Waals surface area (Å²) in [4.78, 5) is 4.11. The van der Waals surface area contributed by atoms with Gasteiger partial charge in [0, 0.05) is 18.0 Å². The normalized spacial score (nSPS) is 19.5. The van der Waals surface area contributed by atoms with Crippen molar-refractivity contribution in [1.82, 2.24) is 4.98 Å². The molecule has 0 unspecified atom stereocenters. The van der Waals surface area contributed by atoms with Gasteiger partial charge < -0.3 is 4.74 Å². The summed E-state index contributed by atoms with van der Waals surface area (Å²) in [7, 11) is 0. The zero-order valence-corrected chi connectivity index (χ0v) is 7.50. The third kappa shape index (κ3) is 1.07. The molecular weight excluding hydrogens is 150 g/mol. The first kappa shape index (κ1) is 7.59. The van der Waals surface area contributed by atoms with E-state index < -0.39 is 0 Å². The summed E-state index contributed by atoms with van der Waals surface area (Å²) in [5.41, 5.74) is 1.46. The first-order valence-electron chi connectivity index (χ1n) is 4.27. The molecule has 12 heavy (non-hydrogen) atoms. The molecule has 0 radical (unpaired) electrons. The number of pyridine rings is 1. The van der Waals surface area contributed by atoms with Crippen molar-refractivity contribution < 1.29 is 4.74 Å². The topological polar surface area (TPSA) is 22.1 Å². The highest BCUT2D eigenvalue weighted by Crippen LogP contribution is 2.36. The molecule has 2 nitrogen and oxygen atoms in total. The lowest BCUT2D eigenvalue weighted by atomic mass is 9.81. The third-order valence-corrected chi connectivity index (χ3v) is 2.49.